The molecule has 0 fully saturated rings. The molecule has 0 unspecified atom stereocenters. The van der Waals surface area contributed by atoms with E-state index in [1.165, 1.54) is 16.8 Å². The Morgan fingerprint density at radius 2 is 1.65 bits per heavy atom. The number of hydrogen-bond donors (Lipinski definition) is 0. The SMILES string of the molecule is CC(=C=Cc1ccc(N(C)C)cc1)C(C)(C)C. The van der Waals surface area contributed by atoms with Gasteiger partial charge >= 0.3 is 0 Å². The van der Waals surface area contributed by atoms with Crippen molar-refractivity contribution in [1.29, 1.82) is 0 Å². The van der Waals surface area contributed by atoms with E-state index in [4.69, 9.17) is 0 Å². The number of nitrogens with zero attached hydrogens (tertiary/aromatic N) is 1. The molecule has 0 aromatic heterocycles. The van der Waals surface area contributed by atoms with Crippen LogP contribution >= 0.6 is 0 Å². The summed E-state index contributed by atoms with van der Waals surface area (Å²) in [7, 11) is 4.10. The van der Waals surface area contributed by atoms with Crippen molar-refractivity contribution in [1.82, 2.24) is 0 Å². The molecule has 0 saturated heterocycles. The van der Waals surface area contributed by atoms with Crippen LogP contribution in [0.5, 0.6) is 0 Å². The van der Waals surface area contributed by atoms with E-state index in [1.54, 1.807) is 0 Å². The molecule has 17 heavy (non-hydrogen) atoms. The van der Waals surface area contributed by atoms with Crippen LogP contribution in [0.4, 0.5) is 5.69 Å². The van der Waals surface area contributed by atoms with Crippen LogP contribution in [-0.4, -0.2) is 14.1 Å². The predicted octanol–water partition coefficient (Wildman–Crippen LogP) is 4.36. The molecule has 1 aromatic rings. The van der Waals surface area contributed by atoms with Crippen molar-refractivity contribution in [2.45, 2.75) is 27.7 Å². The average Bonchev–Trinajstić information content (AvgIpc) is 2.25. The highest BCUT2D eigenvalue weighted by atomic mass is 15.1. The summed E-state index contributed by atoms with van der Waals surface area (Å²) < 4.78 is 0. The first-order valence-corrected chi connectivity index (χ1v) is 6.02. The molecule has 1 rings (SSSR count). The molecule has 0 heterocycles. The minimum absolute atomic E-state index is 0.195. The Hall–Kier alpha value is -1.46. The highest BCUT2D eigenvalue weighted by Crippen LogP contribution is 2.23. The van der Waals surface area contributed by atoms with Crippen molar-refractivity contribution in [3.63, 3.8) is 0 Å². The highest BCUT2D eigenvalue weighted by Gasteiger charge is 2.11. The largest absolute Gasteiger partial charge is 0.378 e. The maximum absolute atomic E-state index is 3.37. The van der Waals surface area contributed by atoms with E-state index in [9.17, 15) is 0 Å². The molecular weight excluding hydrogens is 206 g/mol. The van der Waals surface area contributed by atoms with Crippen LogP contribution in [0.1, 0.15) is 33.3 Å². The number of anilines is 1. The molecule has 92 valence electrons. The van der Waals surface area contributed by atoms with E-state index in [2.05, 4.69) is 82.8 Å². The van der Waals surface area contributed by atoms with Gasteiger partial charge in [-0.05, 0) is 41.7 Å². The normalized spacial score (nSPS) is 10.7. The van der Waals surface area contributed by atoms with Gasteiger partial charge in [0.1, 0.15) is 0 Å². The summed E-state index contributed by atoms with van der Waals surface area (Å²) in [5.41, 5.74) is 7.25. The third kappa shape index (κ3) is 4.13. The summed E-state index contributed by atoms with van der Waals surface area (Å²) in [5, 5.41) is 0. The summed E-state index contributed by atoms with van der Waals surface area (Å²) in [4.78, 5) is 2.10. The summed E-state index contributed by atoms with van der Waals surface area (Å²) in [6, 6.07) is 8.50. The minimum Gasteiger partial charge on any atom is -0.378 e. The molecule has 0 bridgehead atoms. The summed E-state index contributed by atoms with van der Waals surface area (Å²) in [5.74, 6) is 0. The van der Waals surface area contributed by atoms with Crippen LogP contribution in [0.15, 0.2) is 35.6 Å². The lowest BCUT2D eigenvalue weighted by Crippen LogP contribution is -2.07. The van der Waals surface area contributed by atoms with Crippen molar-refractivity contribution >= 4 is 11.8 Å². The zero-order valence-electron chi connectivity index (χ0n) is 11.8. The first kappa shape index (κ1) is 13.6. The lowest BCUT2D eigenvalue weighted by atomic mass is 9.88. The molecule has 0 N–H and O–H groups in total. The Morgan fingerprint density at radius 3 is 2.06 bits per heavy atom. The van der Waals surface area contributed by atoms with Gasteiger partial charge in [0.15, 0.2) is 0 Å². The zero-order chi connectivity index (χ0) is 13.1. The molecule has 1 nitrogen and oxygen atoms in total. The molecule has 0 radical (unpaired) electrons. The van der Waals surface area contributed by atoms with Crippen molar-refractivity contribution in [2.24, 2.45) is 5.41 Å². The summed E-state index contributed by atoms with van der Waals surface area (Å²) in [6.07, 6.45) is 2.06. The maximum atomic E-state index is 3.37. The molecule has 0 atom stereocenters. The summed E-state index contributed by atoms with van der Waals surface area (Å²) in [6.45, 7) is 8.75. The quantitative estimate of drug-likeness (QED) is 0.681. The number of hydrogen-bond acceptors (Lipinski definition) is 1. The smallest absolute Gasteiger partial charge is 0.0361 e. The lowest BCUT2D eigenvalue weighted by Gasteiger charge is -2.16. The van der Waals surface area contributed by atoms with E-state index in [1.807, 2.05) is 0 Å². The molecule has 0 saturated carbocycles. The zero-order valence-corrected chi connectivity index (χ0v) is 11.8. The Labute approximate surface area is 105 Å². The van der Waals surface area contributed by atoms with E-state index >= 15 is 0 Å². The molecule has 0 aliphatic rings. The van der Waals surface area contributed by atoms with Crippen molar-refractivity contribution in [2.75, 3.05) is 19.0 Å². The van der Waals surface area contributed by atoms with Crippen LogP contribution in [0.25, 0.3) is 6.08 Å². The Bertz CT molecular complexity index is 424. The molecule has 0 amide bonds. The molecule has 1 aromatic carbocycles. The fraction of sp³-hybridized carbons (Fsp3) is 0.438. The van der Waals surface area contributed by atoms with Gasteiger partial charge in [-0.1, -0.05) is 32.9 Å². The fourth-order valence-corrected chi connectivity index (χ4v) is 1.28. The third-order valence-electron chi connectivity index (χ3n) is 2.99. The van der Waals surface area contributed by atoms with Gasteiger partial charge in [-0.15, -0.1) is 5.73 Å². The second-order valence-corrected chi connectivity index (χ2v) is 5.65. The number of allylic oxidation sites excluding steroid dienone is 1. The van der Waals surface area contributed by atoms with E-state index in [0.29, 0.717) is 0 Å². The minimum atomic E-state index is 0.195. The monoisotopic (exact) mass is 229 g/mol. The van der Waals surface area contributed by atoms with Crippen LogP contribution < -0.4 is 4.90 Å². The fourth-order valence-electron chi connectivity index (χ4n) is 1.28. The van der Waals surface area contributed by atoms with E-state index in [-0.39, 0.29) is 5.41 Å². The average molecular weight is 229 g/mol. The van der Waals surface area contributed by atoms with Crippen molar-refractivity contribution in [3.8, 4) is 0 Å². The van der Waals surface area contributed by atoms with Crippen molar-refractivity contribution in [3.05, 3.63) is 41.1 Å². The number of rotatable bonds is 2. The Kier molecular flexibility index (Phi) is 4.20. The second kappa shape index (κ2) is 5.25. The van der Waals surface area contributed by atoms with E-state index in [0.717, 1.165) is 0 Å². The van der Waals surface area contributed by atoms with Gasteiger partial charge < -0.3 is 4.90 Å². The van der Waals surface area contributed by atoms with Crippen LogP contribution in [0.2, 0.25) is 0 Å². The number of benzene rings is 1. The Balaban J connectivity index is 2.93. The topological polar surface area (TPSA) is 3.24 Å². The molecule has 0 aliphatic heterocycles. The first-order valence-electron chi connectivity index (χ1n) is 6.02. The maximum Gasteiger partial charge on any atom is 0.0361 e. The second-order valence-electron chi connectivity index (χ2n) is 5.65. The highest BCUT2D eigenvalue weighted by molar-refractivity contribution is 5.55. The van der Waals surface area contributed by atoms with Gasteiger partial charge in [0, 0.05) is 19.8 Å². The molecule has 1 heteroatoms. The first-order chi connectivity index (χ1) is 7.80. The van der Waals surface area contributed by atoms with Crippen molar-refractivity contribution < 1.29 is 0 Å². The van der Waals surface area contributed by atoms with Gasteiger partial charge in [-0.3, -0.25) is 0 Å². The third-order valence-corrected chi connectivity index (χ3v) is 2.99. The molecular formula is C16H23N. The van der Waals surface area contributed by atoms with Crippen LogP contribution in [0, 0.1) is 5.41 Å². The lowest BCUT2D eigenvalue weighted by molar-refractivity contribution is 0.505. The predicted molar refractivity (Wildman–Crippen MR) is 77.4 cm³/mol. The van der Waals surface area contributed by atoms with Crippen LogP contribution in [-0.2, 0) is 0 Å². The Morgan fingerprint density at radius 1 is 1.12 bits per heavy atom. The standard InChI is InChI=1S/C16H23N/c1-13(16(2,3)4)7-8-14-9-11-15(12-10-14)17(5)6/h8-12H,1-6H3. The van der Waals surface area contributed by atoms with Gasteiger partial charge in [0.25, 0.3) is 0 Å². The molecule has 0 spiro atoms. The van der Waals surface area contributed by atoms with Gasteiger partial charge in [-0.25, -0.2) is 0 Å². The molecule has 0 aliphatic carbocycles. The van der Waals surface area contributed by atoms with Crippen LogP contribution in [0.3, 0.4) is 0 Å². The van der Waals surface area contributed by atoms with Gasteiger partial charge in [0.2, 0.25) is 0 Å². The van der Waals surface area contributed by atoms with Gasteiger partial charge in [-0.2, -0.15) is 0 Å². The van der Waals surface area contributed by atoms with Gasteiger partial charge in [0.05, 0.1) is 0 Å². The summed E-state index contributed by atoms with van der Waals surface area (Å²) >= 11 is 0. The van der Waals surface area contributed by atoms with E-state index < -0.39 is 0 Å².